The van der Waals surface area contributed by atoms with Crippen molar-refractivity contribution in [3.8, 4) is 0 Å². The van der Waals surface area contributed by atoms with Gasteiger partial charge in [0.05, 0.1) is 12.0 Å². The smallest absolute Gasteiger partial charge is 0.253 e. The number of likely N-dealkylation sites (tertiary alicyclic amines) is 2. The molecule has 2 aliphatic rings. The van der Waals surface area contributed by atoms with Crippen LogP contribution in [0.3, 0.4) is 0 Å². The first kappa shape index (κ1) is 23.6. The molecule has 0 aliphatic carbocycles. The van der Waals surface area contributed by atoms with Crippen LogP contribution in [0, 0.1) is 12.8 Å². The van der Waals surface area contributed by atoms with Gasteiger partial charge in [0, 0.05) is 38.3 Å². The molecule has 2 N–H and O–H groups in total. The first-order chi connectivity index (χ1) is 13.6. The molecule has 1 atom stereocenters. The quantitative estimate of drug-likeness (QED) is 0.713. The summed E-state index contributed by atoms with van der Waals surface area (Å²) < 4.78 is 5.83. The van der Waals surface area contributed by atoms with Crippen LogP contribution in [-0.4, -0.2) is 67.0 Å². The van der Waals surface area contributed by atoms with Gasteiger partial charge >= 0.3 is 0 Å². The van der Waals surface area contributed by atoms with Crippen LogP contribution in [-0.2, 0) is 9.53 Å². The van der Waals surface area contributed by atoms with Crippen LogP contribution in [0.1, 0.15) is 48.0 Å². The highest BCUT2D eigenvalue weighted by Crippen LogP contribution is 2.23. The van der Waals surface area contributed by atoms with E-state index >= 15 is 0 Å². The molecule has 2 aliphatic heterocycles. The largest absolute Gasteiger partial charge is 0.378 e. The summed E-state index contributed by atoms with van der Waals surface area (Å²) in [5.41, 5.74) is 7.34. The lowest BCUT2D eigenvalue weighted by atomic mass is 9.94. The number of piperidine rings is 2. The normalized spacial score (nSPS) is 20.3. The third-order valence-electron chi connectivity index (χ3n) is 5.81. The van der Waals surface area contributed by atoms with Crippen LogP contribution in [0.25, 0.3) is 0 Å². The number of aryl methyl sites for hydroxylation is 1. The Morgan fingerprint density at radius 3 is 2.41 bits per heavy atom. The fourth-order valence-corrected chi connectivity index (χ4v) is 4.08. The molecule has 6 nitrogen and oxygen atoms in total. The van der Waals surface area contributed by atoms with E-state index in [1.807, 2.05) is 41.0 Å². The molecular formula is C22H34ClN3O3. The van der Waals surface area contributed by atoms with E-state index in [4.69, 9.17) is 10.5 Å². The molecule has 7 heteroatoms. The highest BCUT2D eigenvalue weighted by Gasteiger charge is 2.33. The Morgan fingerprint density at radius 2 is 1.76 bits per heavy atom. The Morgan fingerprint density at radius 1 is 1.07 bits per heavy atom. The summed E-state index contributed by atoms with van der Waals surface area (Å²) in [4.78, 5) is 29.6. The predicted octanol–water partition coefficient (Wildman–Crippen LogP) is 2.63. The van der Waals surface area contributed by atoms with Gasteiger partial charge in [-0.15, -0.1) is 12.4 Å². The van der Waals surface area contributed by atoms with Crippen molar-refractivity contribution < 1.29 is 14.3 Å². The van der Waals surface area contributed by atoms with E-state index in [0.717, 1.165) is 57.3 Å². The predicted molar refractivity (Wildman–Crippen MR) is 116 cm³/mol. The van der Waals surface area contributed by atoms with Gasteiger partial charge in [-0.05, 0) is 57.7 Å². The van der Waals surface area contributed by atoms with E-state index in [-0.39, 0.29) is 36.2 Å². The topological polar surface area (TPSA) is 75.9 Å². The molecule has 0 spiro atoms. The van der Waals surface area contributed by atoms with Crippen molar-refractivity contribution in [2.45, 2.75) is 45.1 Å². The summed E-state index contributed by atoms with van der Waals surface area (Å²) in [6, 6.07) is 7.66. The molecule has 1 aromatic rings. The zero-order valence-corrected chi connectivity index (χ0v) is 18.2. The molecule has 2 heterocycles. The lowest BCUT2D eigenvalue weighted by Gasteiger charge is -2.37. The molecule has 2 fully saturated rings. The van der Waals surface area contributed by atoms with Gasteiger partial charge in [0.15, 0.2) is 0 Å². The van der Waals surface area contributed by atoms with E-state index < -0.39 is 0 Å². The molecule has 0 radical (unpaired) electrons. The van der Waals surface area contributed by atoms with E-state index in [2.05, 4.69) is 0 Å². The van der Waals surface area contributed by atoms with Gasteiger partial charge in [-0.2, -0.15) is 0 Å². The van der Waals surface area contributed by atoms with Gasteiger partial charge in [-0.1, -0.05) is 17.7 Å². The van der Waals surface area contributed by atoms with Crippen molar-refractivity contribution >= 4 is 24.2 Å². The highest BCUT2D eigenvalue weighted by molar-refractivity contribution is 5.94. The monoisotopic (exact) mass is 423 g/mol. The molecule has 0 aromatic heterocycles. The summed E-state index contributed by atoms with van der Waals surface area (Å²) in [5, 5.41) is 0. The molecule has 162 valence electrons. The Balaban J connectivity index is 0.00000300. The van der Waals surface area contributed by atoms with Gasteiger partial charge in [0.1, 0.15) is 0 Å². The maximum atomic E-state index is 13.0. The van der Waals surface area contributed by atoms with Gasteiger partial charge in [-0.3, -0.25) is 9.59 Å². The minimum Gasteiger partial charge on any atom is -0.378 e. The van der Waals surface area contributed by atoms with Crippen LogP contribution in [0.5, 0.6) is 0 Å². The van der Waals surface area contributed by atoms with Gasteiger partial charge in [-0.25, -0.2) is 0 Å². The van der Waals surface area contributed by atoms with Gasteiger partial charge in [0.2, 0.25) is 5.91 Å². The third kappa shape index (κ3) is 6.43. The van der Waals surface area contributed by atoms with Crippen LogP contribution < -0.4 is 5.73 Å². The van der Waals surface area contributed by atoms with Crippen molar-refractivity contribution in [2.75, 3.05) is 39.3 Å². The number of rotatable bonds is 6. The van der Waals surface area contributed by atoms with Crippen molar-refractivity contribution in [1.82, 2.24) is 9.80 Å². The summed E-state index contributed by atoms with van der Waals surface area (Å²) in [6.07, 6.45) is 4.63. The lowest BCUT2D eigenvalue weighted by molar-refractivity contribution is -0.139. The summed E-state index contributed by atoms with van der Waals surface area (Å²) >= 11 is 0. The Kier molecular flexibility index (Phi) is 9.40. The third-order valence-corrected chi connectivity index (χ3v) is 5.81. The molecule has 3 rings (SSSR count). The van der Waals surface area contributed by atoms with Crippen molar-refractivity contribution in [2.24, 2.45) is 11.7 Å². The van der Waals surface area contributed by atoms with Gasteiger partial charge < -0.3 is 20.3 Å². The van der Waals surface area contributed by atoms with E-state index in [9.17, 15) is 9.59 Å². The second-order valence-electron chi connectivity index (χ2n) is 7.99. The average molecular weight is 424 g/mol. The zero-order chi connectivity index (χ0) is 19.9. The minimum atomic E-state index is -0.0853. The fourth-order valence-electron chi connectivity index (χ4n) is 4.08. The number of hydrogen-bond acceptors (Lipinski definition) is 4. The van der Waals surface area contributed by atoms with E-state index in [0.29, 0.717) is 25.3 Å². The summed E-state index contributed by atoms with van der Waals surface area (Å²) in [5.74, 6) is 0.143. The zero-order valence-electron chi connectivity index (χ0n) is 17.3. The SMILES string of the molecule is Cc1ccc(C(=O)N2CCCC(C(=O)N3CCC(OCCCN)CC3)C2)cc1.Cl. The summed E-state index contributed by atoms with van der Waals surface area (Å²) in [6.45, 7) is 6.11. The van der Waals surface area contributed by atoms with Crippen LogP contribution in [0.15, 0.2) is 24.3 Å². The van der Waals surface area contributed by atoms with E-state index in [1.54, 1.807) is 0 Å². The Hall–Kier alpha value is -1.63. The number of carbonyl (C=O) groups excluding carboxylic acids is 2. The second-order valence-corrected chi connectivity index (χ2v) is 7.99. The maximum absolute atomic E-state index is 13.0. The number of amides is 2. The van der Waals surface area contributed by atoms with Crippen molar-refractivity contribution in [3.63, 3.8) is 0 Å². The van der Waals surface area contributed by atoms with Crippen LogP contribution >= 0.6 is 12.4 Å². The van der Waals surface area contributed by atoms with Crippen molar-refractivity contribution in [3.05, 3.63) is 35.4 Å². The molecule has 29 heavy (non-hydrogen) atoms. The molecule has 1 unspecified atom stereocenters. The molecule has 0 saturated carbocycles. The maximum Gasteiger partial charge on any atom is 0.253 e. The second kappa shape index (κ2) is 11.5. The van der Waals surface area contributed by atoms with Crippen LogP contribution in [0.2, 0.25) is 0 Å². The number of hydrogen-bond donors (Lipinski definition) is 1. The molecule has 0 bridgehead atoms. The Labute approximate surface area is 180 Å². The highest BCUT2D eigenvalue weighted by atomic mass is 35.5. The summed E-state index contributed by atoms with van der Waals surface area (Å²) in [7, 11) is 0. The number of carbonyl (C=O) groups is 2. The number of benzene rings is 1. The first-order valence-corrected chi connectivity index (χ1v) is 10.5. The van der Waals surface area contributed by atoms with Crippen molar-refractivity contribution in [1.29, 1.82) is 0 Å². The fraction of sp³-hybridized carbons (Fsp3) is 0.636. The van der Waals surface area contributed by atoms with Gasteiger partial charge in [0.25, 0.3) is 5.91 Å². The molecule has 2 amide bonds. The minimum absolute atomic E-state index is 0. The standard InChI is InChI=1S/C22H33N3O3.ClH/c1-17-5-7-18(8-6-17)21(26)25-12-2-4-19(16-25)22(27)24-13-9-20(10-14-24)28-15-3-11-23;/h5-8,19-20H,2-4,9-16,23H2,1H3;1H. The molecule has 1 aromatic carbocycles. The van der Waals surface area contributed by atoms with Crippen LogP contribution in [0.4, 0.5) is 0 Å². The number of ether oxygens (including phenoxy) is 1. The number of nitrogens with two attached hydrogens (primary N) is 1. The first-order valence-electron chi connectivity index (χ1n) is 10.5. The lowest BCUT2D eigenvalue weighted by Crippen LogP contribution is -2.49. The van der Waals surface area contributed by atoms with E-state index in [1.165, 1.54) is 0 Å². The number of halogens is 1. The molecule has 2 saturated heterocycles. The number of nitrogens with zero attached hydrogens (tertiary/aromatic N) is 2. The average Bonchev–Trinajstić information content (AvgIpc) is 2.74. The molecular weight excluding hydrogens is 390 g/mol. The Bertz CT molecular complexity index is 660.